The Morgan fingerprint density at radius 2 is 2.29 bits per heavy atom. The predicted octanol–water partition coefficient (Wildman–Crippen LogP) is 0.877. The monoisotopic (exact) mass is 186 g/mol. The Labute approximate surface area is 83.1 Å². The fourth-order valence-electron chi connectivity index (χ4n) is 1.07. The smallest absolute Gasteiger partial charge is 0.137 e. The number of ether oxygens (including phenoxy) is 1. The molecular weight excluding hydrogens is 176 g/mol. The van der Waals surface area contributed by atoms with E-state index in [0.29, 0.717) is 16.9 Å². The molecule has 0 aromatic heterocycles. The molecule has 0 amide bonds. The van der Waals surface area contributed by atoms with Gasteiger partial charge in [0.1, 0.15) is 17.4 Å². The van der Waals surface area contributed by atoms with Crippen molar-refractivity contribution in [2.45, 2.75) is 0 Å². The summed E-state index contributed by atoms with van der Waals surface area (Å²) in [4.78, 5) is 0. The fourth-order valence-corrected chi connectivity index (χ4v) is 1.07. The summed E-state index contributed by atoms with van der Waals surface area (Å²) in [6, 6.07) is 7.34. The van der Waals surface area contributed by atoms with Crippen LogP contribution in [0.1, 0.15) is 11.1 Å². The number of hydrogen-bond donors (Lipinski definition) is 1. The van der Waals surface area contributed by atoms with Gasteiger partial charge < -0.3 is 10.5 Å². The second kappa shape index (κ2) is 4.91. The van der Waals surface area contributed by atoms with Crippen molar-refractivity contribution >= 4 is 0 Å². The largest absolute Gasteiger partial charge is 0.495 e. The van der Waals surface area contributed by atoms with Gasteiger partial charge in [-0.1, -0.05) is 17.9 Å². The van der Waals surface area contributed by atoms with Crippen molar-refractivity contribution in [2.24, 2.45) is 5.73 Å². The summed E-state index contributed by atoms with van der Waals surface area (Å²) in [5.41, 5.74) is 6.36. The maximum absolute atomic E-state index is 8.90. The van der Waals surface area contributed by atoms with E-state index in [1.54, 1.807) is 18.2 Å². The Morgan fingerprint density at radius 1 is 1.50 bits per heavy atom. The minimum Gasteiger partial charge on any atom is -0.495 e. The van der Waals surface area contributed by atoms with Gasteiger partial charge in [0.15, 0.2) is 0 Å². The number of hydrogen-bond acceptors (Lipinski definition) is 3. The molecule has 0 atom stereocenters. The predicted molar refractivity (Wildman–Crippen MR) is 53.6 cm³/mol. The highest BCUT2D eigenvalue weighted by Crippen LogP contribution is 2.20. The molecule has 0 unspecified atom stereocenters. The van der Waals surface area contributed by atoms with E-state index in [-0.39, 0.29) is 6.54 Å². The molecule has 1 aromatic carbocycles. The lowest BCUT2D eigenvalue weighted by atomic mass is 10.1. The van der Waals surface area contributed by atoms with Crippen molar-refractivity contribution < 1.29 is 4.74 Å². The van der Waals surface area contributed by atoms with Gasteiger partial charge in [0.25, 0.3) is 0 Å². The standard InChI is InChI=1S/C11H10N2O/c1-14-11-6-2-4-9(5-3-7-12)10(11)8-13/h2,4,6H,7,12H2,1H3. The van der Waals surface area contributed by atoms with Crippen LogP contribution in [-0.4, -0.2) is 13.7 Å². The summed E-state index contributed by atoms with van der Waals surface area (Å²) in [6.45, 7) is 0.280. The molecule has 0 radical (unpaired) electrons. The molecule has 0 spiro atoms. The van der Waals surface area contributed by atoms with Gasteiger partial charge in [-0.2, -0.15) is 5.26 Å². The number of nitrogens with zero attached hydrogens (tertiary/aromatic N) is 1. The van der Waals surface area contributed by atoms with Crippen molar-refractivity contribution in [3.05, 3.63) is 29.3 Å². The number of rotatable bonds is 1. The molecular formula is C11H10N2O. The zero-order valence-electron chi connectivity index (χ0n) is 7.87. The Hall–Kier alpha value is -1.97. The van der Waals surface area contributed by atoms with Crippen LogP contribution in [-0.2, 0) is 0 Å². The molecule has 70 valence electrons. The lowest BCUT2D eigenvalue weighted by molar-refractivity contribution is 0.413. The molecule has 0 heterocycles. The molecule has 0 aliphatic carbocycles. The Morgan fingerprint density at radius 3 is 2.86 bits per heavy atom. The van der Waals surface area contributed by atoms with E-state index in [2.05, 4.69) is 17.9 Å². The van der Waals surface area contributed by atoms with Crippen LogP contribution in [0.5, 0.6) is 5.75 Å². The third kappa shape index (κ3) is 2.04. The summed E-state index contributed by atoms with van der Waals surface area (Å²) in [5.74, 6) is 6.06. The maximum atomic E-state index is 8.90. The first-order valence-electron chi connectivity index (χ1n) is 4.09. The second-order valence-corrected chi connectivity index (χ2v) is 2.50. The van der Waals surface area contributed by atoms with Crippen LogP contribution in [0.15, 0.2) is 18.2 Å². The highest BCUT2D eigenvalue weighted by atomic mass is 16.5. The highest BCUT2D eigenvalue weighted by Gasteiger charge is 2.05. The van der Waals surface area contributed by atoms with Gasteiger partial charge in [-0.05, 0) is 12.1 Å². The quantitative estimate of drug-likeness (QED) is 0.662. The molecule has 0 aliphatic rings. The first kappa shape index (κ1) is 10.1. The van der Waals surface area contributed by atoms with E-state index in [1.807, 2.05) is 0 Å². The molecule has 14 heavy (non-hydrogen) atoms. The molecule has 2 N–H and O–H groups in total. The summed E-state index contributed by atoms with van der Waals surface area (Å²) in [7, 11) is 1.52. The minimum atomic E-state index is 0.280. The van der Waals surface area contributed by atoms with Gasteiger partial charge in [0.2, 0.25) is 0 Å². The van der Waals surface area contributed by atoms with Gasteiger partial charge in [0, 0.05) is 5.56 Å². The lowest BCUT2D eigenvalue weighted by Gasteiger charge is -2.02. The molecule has 3 nitrogen and oxygen atoms in total. The number of benzene rings is 1. The van der Waals surface area contributed by atoms with Crippen LogP contribution >= 0.6 is 0 Å². The summed E-state index contributed by atoms with van der Waals surface area (Å²) in [6.07, 6.45) is 0. The molecule has 1 aromatic rings. The van der Waals surface area contributed by atoms with E-state index >= 15 is 0 Å². The molecule has 0 saturated heterocycles. The SMILES string of the molecule is COc1cccc(C#CCN)c1C#N. The first-order chi connectivity index (χ1) is 6.83. The van der Waals surface area contributed by atoms with E-state index in [4.69, 9.17) is 15.7 Å². The molecule has 0 fully saturated rings. The topological polar surface area (TPSA) is 59.0 Å². The van der Waals surface area contributed by atoms with E-state index in [9.17, 15) is 0 Å². The number of nitriles is 1. The van der Waals surface area contributed by atoms with Crippen molar-refractivity contribution in [1.82, 2.24) is 0 Å². The van der Waals surface area contributed by atoms with Crippen LogP contribution in [0, 0.1) is 23.2 Å². The summed E-state index contributed by atoms with van der Waals surface area (Å²) < 4.78 is 5.04. The van der Waals surface area contributed by atoms with Gasteiger partial charge in [-0.15, -0.1) is 0 Å². The number of methoxy groups -OCH3 is 1. The molecule has 0 bridgehead atoms. The summed E-state index contributed by atoms with van der Waals surface area (Å²) >= 11 is 0. The Kier molecular flexibility index (Phi) is 3.55. The van der Waals surface area contributed by atoms with Crippen LogP contribution in [0.4, 0.5) is 0 Å². The van der Waals surface area contributed by atoms with Gasteiger partial charge >= 0.3 is 0 Å². The average molecular weight is 186 g/mol. The van der Waals surface area contributed by atoms with Crippen molar-refractivity contribution in [3.63, 3.8) is 0 Å². The van der Waals surface area contributed by atoms with Crippen molar-refractivity contribution in [3.8, 4) is 23.7 Å². The first-order valence-corrected chi connectivity index (χ1v) is 4.09. The molecule has 0 aliphatic heterocycles. The van der Waals surface area contributed by atoms with Gasteiger partial charge in [0.05, 0.1) is 13.7 Å². The summed E-state index contributed by atoms with van der Waals surface area (Å²) in [5, 5.41) is 8.90. The van der Waals surface area contributed by atoms with E-state index in [1.165, 1.54) is 7.11 Å². The second-order valence-electron chi connectivity index (χ2n) is 2.50. The van der Waals surface area contributed by atoms with Crippen molar-refractivity contribution in [1.29, 1.82) is 5.26 Å². The van der Waals surface area contributed by atoms with Crippen LogP contribution in [0.25, 0.3) is 0 Å². The van der Waals surface area contributed by atoms with Crippen LogP contribution in [0.3, 0.4) is 0 Å². The van der Waals surface area contributed by atoms with Gasteiger partial charge in [-0.25, -0.2) is 0 Å². The van der Waals surface area contributed by atoms with E-state index in [0.717, 1.165) is 0 Å². The number of nitrogens with two attached hydrogens (primary N) is 1. The third-order valence-electron chi connectivity index (χ3n) is 1.68. The fraction of sp³-hybridized carbons (Fsp3) is 0.182. The van der Waals surface area contributed by atoms with Crippen LogP contribution in [0.2, 0.25) is 0 Å². The third-order valence-corrected chi connectivity index (χ3v) is 1.68. The van der Waals surface area contributed by atoms with Crippen LogP contribution < -0.4 is 10.5 Å². The maximum Gasteiger partial charge on any atom is 0.137 e. The lowest BCUT2D eigenvalue weighted by Crippen LogP contribution is -1.94. The Bertz CT molecular complexity index is 421. The van der Waals surface area contributed by atoms with E-state index < -0.39 is 0 Å². The highest BCUT2D eigenvalue weighted by molar-refractivity contribution is 5.55. The van der Waals surface area contributed by atoms with Crippen molar-refractivity contribution in [2.75, 3.05) is 13.7 Å². The minimum absolute atomic E-state index is 0.280. The molecule has 3 heteroatoms. The Balaban J connectivity index is 3.24. The zero-order chi connectivity index (χ0) is 10.4. The van der Waals surface area contributed by atoms with Gasteiger partial charge in [-0.3, -0.25) is 0 Å². The zero-order valence-corrected chi connectivity index (χ0v) is 7.87. The molecule has 0 saturated carbocycles. The molecule has 1 rings (SSSR count). The normalized spacial score (nSPS) is 8.36. The average Bonchev–Trinajstić information content (AvgIpc) is 2.25.